The van der Waals surface area contributed by atoms with Crippen molar-refractivity contribution in [2.45, 2.75) is 43.6 Å². The molecule has 3 aliphatic rings. The van der Waals surface area contributed by atoms with Crippen LogP contribution in [-0.4, -0.2) is 117 Å². The van der Waals surface area contributed by atoms with Gasteiger partial charge in [-0.3, -0.25) is 19.3 Å². The molecule has 1 fully saturated rings. The number of carbonyl (C=O) groups excluding carboxylic acids is 3. The standard InChI is InChI=1S/C35H38ClF3N10O4S/c1-5-26-29(46-13-15-47(16-14-46)31(51)28-30(21(2)40-20-41-28)53-19-22-9-7-6-8-10-22)32(52)49-34(43-33(44-49)45(3)4)48(26)18-27(50)42-25-12-11-23(17-24(25)36)54-35(37,38)39/h6-12,17,20,33,44H,5,13-16,18-19H2,1-4H3,(H,42,50). The molecule has 19 heteroatoms. The van der Waals surface area contributed by atoms with Gasteiger partial charge in [0.1, 0.15) is 25.2 Å². The third kappa shape index (κ3) is 8.56. The van der Waals surface area contributed by atoms with Crippen LogP contribution in [-0.2, 0) is 16.2 Å². The van der Waals surface area contributed by atoms with Crippen molar-refractivity contribution in [3.8, 4) is 5.75 Å². The Hall–Kier alpha value is -4.91. The number of carbonyl (C=O) groups is 3. The van der Waals surface area contributed by atoms with Gasteiger partial charge in [0, 0.05) is 31.1 Å². The number of hydrazine groups is 1. The number of benzene rings is 2. The van der Waals surface area contributed by atoms with Crippen LogP contribution in [0.15, 0.2) is 76.1 Å². The number of aryl methyl sites for hydroxylation is 1. The number of fused-ring (bicyclic) bond motifs is 1. The number of ether oxygens (including phenoxy) is 1. The minimum absolute atomic E-state index is 0.0630. The van der Waals surface area contributed by atoms with Gasteiger partial charge in [0.05, 0.1) is 22.1 Å². The van der Waals surface area contributed by atoms with Gasteiger partial charge in [-0.2, -0.15) is 18.6 Å². The van der Waals surface area contributed by atoms with E-state index in [1.807, 2.05) is 42.2 Å². The molecule has 1 saturated heterocycles. The summed E-state index contributed by atoms with van der Waals surface area (Å²) in [6.45, 7) is 4.70. The fourth-order valence-corrected chi connectivity index (χ4v) is 7.06. The van der Waals surface area contributed by atoms with Crippen LogP contribution in [0.25, 0.3) is 0 Å². The number of nitrogens with one attached hydrogen (secondary N) is 2. The summed E-state index contributed by atoms with van der Waals surface area (Å²) in [5, 5.41) is 3.92. The molecule has 0 aliphatic carbocycles. The summed E-state index contributed by atoms with van der Waals surface area (Å²) in [7, 11) is 3.57. The molecule has 2 aromatic carbocycles. The van der Waals surface area contributed by atoms with Crippen LogP contribution >= 0.6 is 23.4 Å². The lowest BCUT2D eigenvalue weighted by molar-refractivity contribution is -0.130. The molecule has 1 aromatic heterocycles. The van der Waals surface area contributed by atoms with Gasteiger partial charge < -0.3 is 24.8 Å². The predicted octanol–water partition coefficient (Wildman–Crippen LogP) is 4.51. The molecule has 4 heterocycles. The first-order valence-corrected chi connectivity index (χ1v) is 18.2. The molecule has 54 heavy (non-hydrogen) atoms. The van der Waals surface area contributed by atoms with Gasteiger partial charge in [0.2, 0.25) is 11.9 Å². The summed E-state index contributed by atoms with van der Waals surface area (Å²) in [4.78, 5) is 61.6. The van der Waals surface area contributed by atoms with Crippen molar-refractivity contribution in [2.24, 2.45) is 4.99 Å². The van der Waals surface area contributed by atoms with Crippen molar-refractivity contribution in [3.05, 3.63) is 88.2 Å². The molecular formula is C35H38ClF3N10O4S. The van der Waals surface area contributed by atoms with Gasteiger partial charge in [-0.1, -0.05) is 48.9 Å². The zero-order chi connectivity index (χ0) is 38.7. The van der Waals surface area contributed by atoms with Crippen molar-refractivity contribution in [1.82, 2.24) is 40.0 Å². The predicted molar refractivity (Wildman–Crippen MR) is 196 cm³/mol. The first-order valence-electron chi connectivity index (χ1n) is 17.0. The normalized spacial score (nSPS) is 17.6. The van der Waals surface area contributed by atoms with Crippen molar-refractivity contribution >= 4 is 52.7 Å². The zero-order valence-corrected chi connectivity index (χ0v) is 31.4. The van der Waals surface area contributed by atoms with E-state index < -0.39 is 17.7 Å². The number of piperazine rings is 1. The molecule has 14 nitrogen and oxygen atoms in total. The number of thioether (sulfide) groups is 1. The quantitative estimate of drug-likeness (QED) is 0.266. The number of amides is 3. The maximum atomic E-state index is 14.2. The summed E-state index contributed by atoms with van der Waals surface area (Å²) in [5.41, 5.74) is 1.22. The minimum atomic E-state index is -4.49. The van der Waals surface area contributed by atoms with E-state index in [0.717, 1.165) is 11.6 Å². The molecule has 6 rings (SSSR count). The van der Waals surface area contributed by atoms with Crippen LogP contribution in [0.3, 0.4) is 0 Å². The highest BCUT2D eigenvalue weighted by molar-refractivity contribution is 8.00. The van der Waals surface area contributed by atoms with Crippen LogP contribution in [0.2, 0.25) is 5.02 Å². The molecule has 0 saturated carbocycles. The number of hydrogen-bond donors (Lipinski definition) is 2. The summed E-state index contributed by atoms with van der Waals surface area (Å²) in [5.74, 6) is -0.705. The number of aromatic nitrogens is 2. The van der Waals surface area contributed by atoms with Crippen molar-refractivity contribution in [1.29, 1.82) is 0 Å². The second kappa shape index (κ2) is 16.2. The molecule has 286 valence electrons. The Morgan fingerprint density at radius 2 is 1.81 bits per heavy atom. The highest BCUT2D eigenvalue weighted by atomic mass is 35.5. The Bertz CT molecular complexity index is 1980. The highest BCUT2D eigenvalue weighted by Crippen LogP contribution is 2.39. The van der Waals surface area contributed by atoms with Gasteiger partial charge in [-0.15, -0.1) is 0 Å². The number of allylic oxidation sites excluding steroid dienone is 1. The Balaban J connectivity index is 1.20. The summed E-state index contributed by atoms with van der Waals surface area (Å²) >= 11 is 5.95. The number of halogens is 4. The molecule has 1 unspecified atom stereocenters. The Labute approximate surface area is 318 Å². The molecule has 2 N–H and O–H groups in total. The average Bonchev–Trinajstić information content (AvgIpc) is 3.60. The monoisotopic (exact) mass is 786 g/mol. The third-order valence-corrected chi connectivity index (χ3v) is 9.83. The molecule has 0 bridgehead atoms. The smallest absolute Gasteiger partial charge is 0.446 e. The van der Waals surface area contributed by atoms with E-state index in [4.69, 9.17) is 16.3 Å². The van der Waals surface area contributed by atoms with E-state index in [-0.39, 0.29) is 77.1 Å². The molecule has 1 atom stereocenters. The maximum Gasteiger partial charge on any atom is 0.446 e. The number of guanidine groups is 1. The summed E-state index contributed by atoms with van der Waals surface area (Å²) < 4.78 is 44.7. The largest absolute Gasteiger partial charge is 0.485 e. The van der Waals surface area contributed by atoms with Crippen molar-refractivity contribution in [2.75, 3.05) is 52.1 Å². The number of hydrogen-bond acceptors (Lipinski definition) is 12. The molecular weight excluding hydrogens is 749 g/mol. The lowest BCUT2D eigenvalue weighted by atomic mass is 10.1. The molecule has 3 aliphatic heterocycles. The van der Waals surface area contributed by atoms with Gasteiger partial charge >= 0.3 is 5.51 Å². The Kier molecular flexibility index (Phi) is 11.7. The van der Waals surface area contributed by atoms with E-state index in [1.54, 1.807) is 35.7 Å². The lowest BCUT2D eigenvalue weighted by Gasteiger charge is -2.43. The highest BCUT2D eigenvalue weighted by Gasteiger charge is 2.45. The maximum absolute atomic E-state index is 14.2. The number of rotatable bonds is 11. The third-order valence-electron chi connectivity index (χ3n) is 8.80. The topological polar surface area (TPSA) is 139 Å². The summed E-state index contributed by atoms with van der Waals surface area (Å²) in [6, 6.07) is 13.2. The fraction of sp³-hybridized carbons (Fsp3) is 0.371. The lowest BCUT2D eigenvalue weighted by Crippen LogP contribution is -2.60. The minimum Gasteiger partial charge on any atom is -0.485 e. The molecule has 3 amide bonds. The molecule has 3 aromatic rings. The van der Waals surface area contributed by atoms with Crippen LogP contribution in [0, 0.1) is 6.92 Å². The van der Waals surface area contributed by atoms with Crippen LogP contribution < -0.4 is 15.5 Å². The van der Waals surface area contributed by atoms with Crippen LogP contribution in [0.5, 0.6) is 5.75 Å². The fourth-order valence-electron chi connectivity index (χ4n) is 6.19. The Morgan fingerprint density at radius 3 is 2.46 bits per heavy atom. The van der Waals surface area contributed by atoms with E-state index in [1.165, 1.54) is 23.5 Å². The molecule has 0 radical (unpaired) electrons. The number of aliphatic imine (C=N–C) groups is 1. The van der Waals surface area contributed by atoms with Gasteiger partial charge in [0.25, 0.3) is 11.8 Å². The first kappa shape index (κ1) is 38.8. The van der Waals surface area contributed by atoms with E-state index in [0.29, 0.717) is 42.3 Å². The second-order valence-electron chi connectivity index (χ2n) is 12.7. The SMILES string of the molecule is CCC1=C(N2CCN(C(=O)c3ncnc(C)c3OCc3ccccc3)CC2)C(=O)N2NC(N(C)C)N=C2N1CC(=O)Nc1ccc(SC(F)(F)F)cc1Cl. The van der Waals surface area contributed by atoms with Crippen LogP contribution in [0.4, 0.5) is 18.9 Å². The molecule has 0 spiro atoms. The van der Waals surface area contributed by atoms with Gasteiger partial charge in [-0.05, 0) is 63.0 Å². The van der Waals surface area contributed by atoms with Crippen LogP contribution in [0.1, 0.15) is 35.1 Å². The van der Waals surface area contributed by atoms with E-state index in [9.17, 15) is 27.6 Å². The zero-order valence-electron chi connectivity index (χ0n) is 29.9. The number of anilines is 1. The van der Waals surface area contributed by atoms with Gasteiger partial charge in [-0.25, -0.2) is 20.0 Å². The first-order chi connectivity index (χ1) is 25.7. The van der Waals surface area contributed by atoms with E-state index >= 15 is 0 Å². The Morgan fingerprint density at radius 1 is 1.09 bits per heavy atom. The average molecular weight is 787 g/mol. The van der Waals surface area contributed by atoms with Crippen molar-refractivity contribution in [3.63, 3.8) is 0 Å². The summed E-state index contributed by atoms with van der Waals surface area (Å²) in [6.07, 6.45) is 1.07. The number of alkyl halides is 3. The second-order valence-corrected chi connectivity index (χ2v) is 14.2. The van der Waals surface area contributed by atoms with Gasteiger partial charge in [0.15, 0.2) is 17.7 Å². The number of nitrogens with zero attached hydrogens (tertiary/aromatic N) is 8. The van der Waals surface area contributed by atoms with Crippen molar-refractivity contribution < 1.29 is 32.3 Å². The van der Waals surface area contributed by atoms with E-state index in [2.05, 4.69) is 25.7 Å².